The molecule has 0 N–H and O–H groups in total. The molecule has 0 radical (unpaired) electrons. The van der Waals surface area contributed by atoms with Gasteiger partial charge >= 0.3 is 0 Å². The molecule has 0 saturated heterocycles. The van der Waals surface area contributed by atoms with Gasteiger partial charge in [0.15, 0.2) is 0 Å². The van der Waals surface area contributed by atoms with Crippen LogP contribution in [0.15, 0.2) is 22.4 Å². The van der Waals surface area contributed by atoms with Crippen molar-refractivity contribution in [2.75, 3.05) is 0 Å². The summed E-state index contributed by atoms with van der Waals surface area (Å²) in [5, 5.41) is 2.91. The molecule has 0 aliphatic rings. The predicted molar refractivity (Wildman–Crippen MR) is 58.8 cm³/mol. The number of aryl methyl sites for hydroxylation is 1. The zero-order valence-electron chi connectivity index (χ0n) is 7.42. The van der Waals surface area contributed by atoms with Gasteiger partial charge in [-0.2, -0.15) is 0 Å². The molecule has 0 nitrogen and oxygen atoms in total. The molecule has 0 amide bonds. The van der Waals surface area contributed by atoms with Gasteiger partial charge in [0.25, 0.3) is 6.43 Å². The normalized spacial score (nSPS) is 11.5. The topological polar surface area (TPSA) is 0 Å². The summed E-state index contributed by atoms with van der Waals surface area (Å²) >= 11 is 5.60. The van der Waals surface area contributed by atoms with Crippen LogP contribution >= 0.6 is 24.0 Å². The molecule has 2 rings (SSSR count). The summed E-state index contributed by atoms with van der Waals surface area (Å²) in [6.45, 7) is 1.84. The van der Waals surface area contributed by atoms with Crippen molar-refractivity contribution < 1.29 is 8.78 Å². The number of alkyl halides is 2. The molecular weight excluding hydrogens is 222 g/mol. The fraction of sp³-hybridized carbons (Fsp3) is 0.200. The Morgan fingerprint density at radius 3 is 2.79 bits per heavy atom. The molecule has 14 heavy (non-hydrogen) atoms. The lowest BCUT2D eigenvalue weighted by Crippen LogP contribution is -1.88. The molecular formula is C10H8F2S2. The van der Waals surface area contributed by atoms with Crippen molar-refractivity contribution in [3.05, 3.63) is 28.6 Å². The highest BCUT2D eigenvalue weighted by atomic mass is 32.1. The van der Waals surface area contributed by atoms with Crippen molar-refractivity contribution in [3.8, 4) is 0 Å². The number of benzene rings is 1. The number of fused-ring (bicyclic) bond motifs is 1. The summed E-state index contributed by atoms with van der Waals surface area (Å²) in [6, 6.07) is 3.45. The van der Waals surface area contributed by atoms with Crippen LogP contribution in [0.25, 0.3) is 10.1 Å². The number of hydrogen-bond donors (Lipinski definition) is 1. The third kappa shape index (κ3) is 1.42. The molecule has 0 aliphatic carbocycles. The maximum atomic E-state index is 12.6. The van der Waals surface area contributed by atoms with E-state index in [2.05, 4.69) is 12.6 Å². The molecule has 0 fully saturated rings. The molecule has 1 aromatic heterocycles. The summed E-state index contributed by atoms with van der Waals surface area (Å²) in [5.41, 5.74) is 0.912. The third-order valence-corrected chi connectivity index (χ3v) is 3.75. The Morgan fingerprint density at radius 2 is 2.14 bits per heavy atom. The van der Waals surface area contributed by atoms with Gasteiger partial charge in [-0.15, -0.1) is 24.0 Å². The first-order valence-electron chi connectivity index (χ1n) is 4.09. The third-order valence-electron chi connectivity index (χ3n) is 2.19. The number of thiophene rings is 1. The predicted octanol–water partition coefficient (Wildman–Crippen LogP) is 4.44. The zero-order valence-corrected chi connectivity index (χ0v) is 9.13. The lowest BCUT2D eigenvalue weighted by atomic mass is 10.1. The molecule has 1 heterocycles. The number of thiol groups is 1. The Labute approximate surface area is 90.0 Å². The highest BCUT2D eigenvalue weighted by Crippen LogP contribution is 2.36. The standard InChI is InChI=1S/C10H8F2S2/c1-5-4-7(10(11)12)8(13)9-6(5)2-3-14-9/h2-4,10,13H,1H3. The van der Waals surface area contributed by atoms with Gasteiger partial charge in [-0.05, 0) is 35.4 Å². The number of hydrogen-bond acceptors (Lipinski definition) is 2. The van der Waals surface area contributed by atoms with Crippen LogP contribution in [0, 0.1) is 6.92 Å². The Morgan fingerprint density at radius 1 is 1.43 bits per heavy atom. The summed E-state index contributed by atoms with van der Waals surface area (Å²) < 4.78 is 26.0. The Balaban J connectivity index is 2.82. The lowest BCUT2D eigenvalue weighted by Gasteiger charge is -2.07. The van der Waals surface area contributed by atoms with E-state index >= 15 is 0 Å². The van der Waals surface area contributed by atoms with Crippen LogP contribution in [0.5, 0.6) is 0 Å². The van der Waals surface area contributed by atoms with E-state index in [1.807, 2.05) is 18.4 Å². The van der Waals surface area contributed by atoms with Crippen molar-refractivity contribution in [2.45, 2.75) is 18.2 Å². The average Bonchev–Trinajstić information content (AvgIpc) is 2.59. The minimum absolute atomic E-state index is 0.0285. The molecule has 0 unspecified atom stereocenters. The number of rotatable bonds is 1. The van der Waals surface area contributed by atoms with Crippen molar-refractivity contribution >= 4 is 34.1 Å². The van der Waals surface area contributed by atoms with E-state index in [0.717, 1.165) is 15.6 Å². The first-order valence-corrected chi connectivity index (χ1v) is 5.41. The van der Waals surface area contributed by atoms with Crippen LogP contribution in [-0.4, -0.2) is 0 Å². The van der Waals surface area contributed by atoms with E-state index in [0.29, 0.717) is 4.90 Å². The van der Waals surface area contributed by atoms with Crippen LogP contribution in [0.2, 0.25) is 0 Å². The molecule has 0 bridgehead atoms. The van der Waals surface area contributed by atoms with Gasteiger partial charge in [-0.25, -0.2) is 8.78 Å². The molecule has 74 valence electrons. The molecule has 0 atom stereocenters. The summed E-state index contributed by atoms with van der Waals surface area (Å²) in [7, 11) is 0. The summed E-state index contributed by atoms with van der Waals surface area (Å²) in [4.78, 5) is 0.413. The van der Waals surface area contributed by atoms with Crippen molar-refractivity contribution in [3.63, 3.8) is 0 Å². The monoisotopic (exact) mass is 230 g/mol. The van der Waals surface area contributed by atoms with Crippen LogP contribution < -0.4 is 0 Å². The largest absolute Gasteiger partial charge is 0.264 e. The summed E-state index contributed by atoms with van der Waals surface area (Å²) in [6.07, 6.45) is -2.45. The lowest BCUT2D eigenvalue weighted by molar-refractivity contribution is 0.148. The summed E-state index contributed by atoms with van der Waals surface area (Å²) in [5.74, 6) is 0. The van der Waals surface area contributed by atoms with Crippen LogP contribution in [0.3, 0.4) is 0 Å². The Hall–Kier alpha value is -0.610. The van der Waals surface area contributed by atoms with E-state index < -0.39 is 6.43 Å². The van der Waals surface area contributed by atoms with Crippen molar-refractivity contribution in [2.24, 2.45) is 0 Å². The van der Waals surface area contributed by atoms with Crippen LogP contribution in [0.4, 0.5) is 8.78 Å². The van der Waals surface area contributed by atoms with Crippen LogP contribution in [0.1, 0.15) is 17.6 Å². The SMILES string of the molecule is Cc1cc(C(F)F)c(S)c2sccc12. The highest BCUT2D eigenvalue weighted by Gasteiger charge is 2.15. The van der Waals surface area contributed by atoms with E-state index in [9.17, 15) is 8.78 Å². The van der Waals surface area contributed by atoms with Gasteiger partial charge in [-0.3, -0.25) is 0 Å². The molecule has 2 aromatic rings. The minimum Gasteiger partial charge on any atom is -0.205 e. The molecule has 1 aromatic carbocycles. The Kier molecular flexibility index (Phi) is 2.49. The van der Waals surface area contributed by atoms with E-state index in [4.69, 9.17) is 0 Å². The Bertz CT molecular complexity index is 474. The van der Waals surface area contributed by atoms with Gasteiger partial charge in [0.2, 0.25) is 0 Å². The van der Waals surface area contributed by atoms with Gasteiger partial charge in [0.1, 0.15) is 0 Å². The van der Waals surface area contributed by atoms with Gasteiger partial charge in [-0.1, -0.05) is 0 Å². The average molecular weight is 230 g/mol. The first kappa shape index (κ1) is 9.93. The van der Waals surface area contributed by atoms with E-state index in [-0.39, 0.29) is 5.56 Å². The van der Waals surface area contributed by atoms with E-state index in [1.54, 1.807) is 0 Å². The maximum absolute atomic E-state index is 12.6. The second-order valence-corrected chi connectivity index (χ2v) is 4.46. The van der Waals surface area contributed by atoms with Crippen molar-refractivity contribution in [1.29, 1.82) is 0 Å². The smallest absolute Gasteiger partial charge is 0.205 e. The molecule has 0 aliphatic heterocycles. The van der Waals surface area contributed by atoms with Crippen molar-refractivity contribution in [1.82, 2.24) is 0 Å². The van der Waals surface area contributed by atoms with Gasteiger partial charge in [0.05, 0.1) is 0 Å². The quantitative estimate of drug-likeness (QED) is 0.688. The van der Waals surface area contributed by atoms with Crippen LogP contribution in [-0.2, 0) is 0 Å². The second kappa shape index (κ2) is 3.51. The van der Waals surface area contributed by atoms with E-state index in [1.165, 1.54) is 17.4 Å². The maximum Gasteiger partial charge on any atom is 0.264 e. The zero-order chi connectivity index (χ0) is 10.3. The molecule has 0 saturated carbocycles. The minimum atomic E-state index is -2.45. The number of halogens is 2. The fourth-order valence-electron chi connectivity index (χ4n) is 1.48. The highest BCUT2D eigenvalue weighted by molar-refractivity contribution is 7.80. The first-order chi connectivity index (χ1) is 6.61. The molecule has 0 spiro atoms. The van der Waals surface area contributed by atoms with Gasteiger partial charge < -0.3 is 0 Å². The second-order valence-electron chi connectivity index (χ2n) is 3.10. The fourth-order valence-corrected chi connectivity index (χ4v) is 2.85. The molecule has 4 heteroatoms. The van der Waals surface area contributed by atoms with Gasteiger partial charge in [0, 0.05) is 15.2 Å².